The zero-order chi connectivity index (χ0) is 20.2. The van der Waals surface area contributed by atoms with Gasteiger partial charge in [-0.25, -0.2) is 13.2 Å². The minimum absolute atomic E-state index is 0.0736. The van der Waals surface area contributed by atoms with Crippen LogP contribution in [0.15, 0.2) is 51.8 Å². The molecule has 2 rings (SSSR count). The minimum Gasteiger partial charge on any atom is -0.452 e. The van der Waals surface area contributed by atoms with Crippen molar-refractivity contribution in [2.45, 2.75) is 17.6 Å². The van der Waals surface area contributed by atoms with Gasteiger partial charge in [-0.2, -0.15) is 8.78 Å². The summed E-state index contributed by atoms with van der Waals surface area (Å²) < 4.78 is 53.3. The fraction of sp³-hybridized carbons (Fsp3) is 0.176. The third-order valence-corrected chi connectivity index (χ3v) is 5.72. The highest BCUT2D eigenvalue weighted by molar-refractivity contribution is 9.10. The first-order chi connectivity index (χ1) is 12.6. The monoisotopic (exact) mass is 461 g/mol. The van der Waals surface area contributed by atoms with Gasteiger partial charge in [0, 0.05) is 10.2 Å². The molecule has 27 heavy (non-hydrogen) atoms. The summed E-state index contributed by atoms with van der Waals surface area (Å²) in [5.74, 6) is -5.01. The number of sulfone groups is 1. The number of rotatable bonds is 6. The van der Waals surface area contributed by atoms with Crippen molar-refractivity contribution >= 4 is 43.3 Å². The van der Waals surface area contributed by atoms with Crippen LogP contribution in [-0.4, -0.2) is 32.7 Å². The Kier molecular flexibility index (Phi) is 6.66. The molecule has 144 valence electrons. The Balaban J connectivity index is 1.95. The van der Waals surface area contributed by atoms with E-state index in [0.29, 0.717) is 5.69 Å². The molecule has 0 fully saturated rings. The molecule has 1 N–H and O–H groups in total. The number of benzene rings is 2. The zero-order valence-corrected chi connectivity index (χ0v) is 16.3. The van der Waals surface area contributed by atoms with E-state index in [0.717, 1.165) is 34.3 Å². The molecule has 0 saturated heterocycles. The van der Waals surface area contributed by atoms with E-state index >= 15 is 0 Å². The molecular weight excluding hydrogens is 448 g/mol. The number of amides is 1. The Bertz CT molecular complexity index is 962. The third-order valence-electron chi connectivity index (χ3n) is 3.43. The average Bonchev–Trinajstić information content (AvgIpc) is 2.62. The molecule has 0 atom stereocenters. The molecule has 2 aromatic carbocycles. The van der Waals surface area contributed by atoms with Crippen molar-refractivity contribution in [3.8, 4) is 0 Å². The van der Waals surface area contributed by atoms with Crippen molar-refractivity contribution in [3.63, 3.8) is 0 Å². The van der Waals surface area contributed by atoms with Gasteiger partial charge in [0.1, 0.15) is 0 Å². The molecule has 0 aliphatic rings. The van der Waals surface area contributed by atoms with Gasteiger partial charge in [-0.3, -0.25) is 4.79 Å². The lowest BCUT2D eigenvalue weighted by atomic mass is 10.2. The number of ether oxygens (including phenoxy) is 1. The Morgan fingerprint density at radius 3 is 2.33 bits per heavy atom. The smallest absolute Gasteiger partial charge is 0.341 e. The van der Waals surface area contributed by atoms with Gasteiger partial charge >= 0.3 is 11.7 Å². The Hall–Kier alpha value is -2.33. The predicted octanol–water partition coefficient (Wildman–Crippen LogP) is 3.55. The third kappa shape index (κ3) is 5.33. The van der Waals surface area contributed by atoms with Crippen LogP contribution in [0.3, 0.4) is 0 Å². The quantitative estimate of drug-likeness (QED) is 0.664. The molecular formula is C17H14BrF2NO5S. The van der Waals surface area contributed by atoms with Crippen molar-refractivity contribution in [2.24, 2.45) is 0 Å². The summed E-state index contributed by atoms with van der Waals surface area (Å²) in [5.41, 5.74) is 1.36. The lowest BCUT2D eigenvalue weighted by Gasteiger charge is -2.08. The first-order valence-electron chi connectivity index (χ1n) is 7.46. The number of nitrogens with one attached hydrogen (secondary N) is 1. The molecule has 0 spiro atoms. The summed E-state index contributed by atoms with van der Waals surface area (Å²) in [4.78, 5) is 23.1. The highest BCUT2D eigenvalue weighted by atomic mass is 79.9. The molecule has 0 unspecified atom stereocenters. The van der Waals surface area contributed by atoms with E-state index in [1.165, 1.54) is 0 Å². The summed E-state index contributed by atoms with van der Waals surface area (Å²) in [5, 5.41) is 2.56. The van der Waals surface area contributed by atoms with Crippen LogP contribution in [0.4, 0.5) is 14.5 Å². The van der Waals surface area contributed by atoms with Crippen LogP contribution in [-0.2, 0) is 19.4 Å². The maximum Gasteiger partial charge on any atom is 0.341 e. The van der Waals surface area contributed by atoms with Gasteiger partial charge in [0.25, 0.3) is 5.91 Å². The van der Waals surface area contributed by atoms with E-state index in [4.69, 9.17) is 4.74 Å². The Labute approximate surface area is 162 Å². The second-order valence-electron chi connectivity index (χ2n) is 5.42. The number of alkyl halides is 2. The number of hydrogen-bond donors (Lipinski definition) is 1. The molecule has 0 aromatic heterocycles. The molecule has 0 radical (unpaired) electrons. The maximum atomic E-state index is 12.5. The zero-order valence-electron chi connectivity index (χ0n) is 13.9. The fourth-order valence-electron chi connectivity index (χ4n) is 2.02. The van der Waals surface area contributed by atoms with Crippen LogP contribution in [0.1, 0.15) is 15.9 Å². The summed E-state index contributed by atoms with van der Waals surface area (Å²) in [6.45, 7) is 1.28. The number of esters is 1. The van der Waals surface area contributed by atoms with Crippen LogP contribution in [0, 0.1) is 6.92 Å². The van der Waals surface area contributed by atoms with Crippen LogP contribution >= 0.6 is 15.9 Å². The SMILES string of the molecule is Cc1cc(NC(=O)COC(=O)c2ccc(S(=O)(=O)C(F)F)cc2)ccc1Br. The number of carbonyl (C=O) groups excluding carboxylic acids is 2. The van der Waals surface area contributed by atoms with Gasteiger partial charge < -0.3 is 10.1 Å². The molecule has 0 bridgehead atoms. The lowest BCUT2D eigenvalue weighted by molar-refractivity contribution is -0.119. The maximum absolute atomic E-state index is 12.5. The fourth-order valence-corrected chi connectivity index (χ4v) is 2.99. The van der Waals surface area contributed by atoms with Gasteiger partial charge in [0.05, 0.1) is 10.5 Å². The van der Waals surface area contributed by atoms with Gasteiger partial charge in [0.2, 0.25) is 9.84 Å². The molecule has 0 aliphatic carbocycles. The molecule has 2 aromatic rings. The Morgan fingerprint density at radius 2 is 1.78 bits per heavy atom. The summed E-state index contributed by atoms with van der Waals surface area (Å²) in [7, 11) is -4.74. The van der Waals surface area contributed by atoms with Gasteiger partial charge in [0.15, 0.2) is 6.61 Å². The normalized spacial score (nSPS) is 11.3. The number of hydrogen-bond acceptors (Lipinski definition) is 5. The summed E-state index contributed by atoms with van der Waals surface area (Å²) in [6.07, 6.45) is 0. The molecule has 10 heteroatoms. The van der Waals surface area contributed by atoms with E-state index in [1.54, 1.807) is 18.2 Å². The summed E-state index contributed by atoms with van der Waals surface area (Å²) >= 11 is 3.34. The van der Waals surface area contributed by atoms with Crippen LogP contribution < -0.4 is 5.32 Å². The van der Waals surface area contributed by atoms with Crippen LogP contribution in [0.2, 0.25) is 0 Å². The van der Waals surface area contributed by atoms with Crippen molar-refractivity contribution < 1.29 is 31.5 Å². The first kappa shape index (κ1) is 21.0. The lowest BCUT2D eigenvalue weighted by Crippen LogP contribution is -2.21. The van der Waals surface area contributed by atoms with Crippen molar-refractivity contribution in [1.29, 1.82) is 0 Å². The van der Waals surface area contributed by atoms with Crippen LogP contribution in [0.5, 0.6) is 0 Å². The minimum atomic E-state index is -4.74. The topological polar surface area (TPSA) is 89.5 Å². The van der Waals surface area contributed by atoms with Gasteiger partial charge in [-0.1, -0.05) is 15.9 Å². The number of halogens is 3. The van der Waals surface area contributed by atoms with E-state index in [1.807, 2.05) is 6.92 Å². The number of carbonyl (C=O) groups is 2. The van der Waals surface area contributed by atoms with E-state index < -0.39 is 39.0 Å². The largest absolute Gasteiger partial charge is 0.452 e. The highest BCUT2D eigenvalue weighted by Gasteiger charge is 2.26. The second kappa shape index (κ2) is 8.57. The number of anilines is 1. The van der Waals surface area contributed by atoms with Gasteiger partial charge in [-0.15, -0.1) is 0 Å². The van der Waals surface area contributed by atoms with Gasteiger partial charge in [-0.05, 0) is 55.0 Å². The number of aryl methyl sites for hydroxylation is 1. The molecule has 6 nitrogen and oxygen atoms in total. The predicted molar refractivity (Wildman–Crippen MR) is 97.4 cm³/mol. The molecule has 1 amide bonds. The highest BCUT2D eigenvalue weighted by Crippen LogP contribution is 2.20. The van der Waals surface area contributed by atoms with Crippen LogP contribution in [0.25, 0.3) is 0 Å². The van der Waals surface area contributed by atoms with Crippen molar-refractivity contribution in [1.82, 2.24) is 0 Å². The molecule has 0 aliphatic heterocycles. The standard InChI is InChI=1S/C17H14BrF2NO5S/c1-10-8-12(4-7-14(10)18)21-15(22)9-26-16(23)11-2-5-13(6-3-11)27(24,25)17(19)20/h2-8,17H,9H2,1H3,(H,21,22). The van der Waals surface area contributed by atoms with E-state index in [-0.39, 0.29) is 5.56 Å². The second-order valence-corrected chi connectivity index (χ2v) is 8.19. The summed E-state index contributed by atoms with van der Waals surface area (Å²) in [6, 6.07) is 8.98. The van der Waals surface area contributed by atoms with Crippen molar-refractivity contribution in [2.75, 3.05) is 11.9 Å². The van der Waals surface area contributed by atoms with Crippen molar-refractivity contribution in [3.05, 3.63) is 58.1 Å². The Morgan fingerprint density at radius 1 is 1.15 bits per heavy atom. The first-order valence-corrected chi connectivity index (χ1v) is 9.80. The molecule has 0 heterocycles. The average molecular weight is 462 g/mol. The van der Waals surface area contributed by atoms with E-state index in [2.05, 4.69) is 21.2 Å². The van der Waals surface area contributed by atoms with E-state index in [9.17, 15) is 26.8 Å². The molecule has 0 saturated carbocycles.